The molecule has 0 spiro atoms. The van der Waals surface area contributed by atoms with Crippen molar-refractivity contribution >= 4 is 40.8 Å². The number of benzene rings is 3. The molecule has 0 aliphatic rings. The molecule has 1 atom stereocenters. The van der Waals surface area contributed by atoms with E-state index in [-0.39, 0.29) is 31.1 Å². The van der Waals surface area contributed by atoms with Gasteiger partial charge in [-0.2, -0.15) is 0 Å². The number of carboxylic acid groups (broad SMARTS) is 1. The van der Waals surface area contributed by atoms with Gasteiger partial charge in [0.1, 0.15) is 5.75 Å². The first kappa shape index (κ1) is 32.4. The number of pyridine rings is 1. The fourth-order valence-corrected chi connectivity index (χ4v) is 4.58. The molecule has 1 unspecified atom stereocenters. The highest BCUT2D eigenvalue weighted by Gasteiger charge is 2.20. The summed E-state index contributed by atoms with van der Waals surface area (Å²) in [6.45, 7) is 1.84. The maximum absolute atomic E-state index is 13.1. The van der Waals surface area contributed by atoms with E-state index in [1.165, 1.54) is 18.2 Å². The number of nitrogens with zero attached hydrogens (tertiary/aromatic N) is 2. The van der Waals surface area contributed by atoms with Crippen molar-refractivity contribution in [3.05, 3.63) is 114 Å². The Morgan fingerprint density at radius 3 is 2.29 bits per heavy atom. The molecular formula is C34H35N5O6. The number of aliphatic carboxylic acids is 1. The molecule has 0 aliphatic carbocycles. The van der Waals surface area contributed by atoms with Crippen LogP contribution >= 0.6 is 0 Å². The summed E-state index contributed by atoms with van der Waals surface area (Å²) in [7, 11) is 3.10. The van der Waals surface area contributed by atoms with Crippen molar-refractivity contribution in [2.75, 3.05) is 36.2 Å². The Bertz CT molecular complexity index is 1660. The van der Waals surface area contributed by atoms with Crippen LogP contribution in [0.3, 0.4) is 0 Å². The molecule has 3 amide bonds. The van der Waals surface area contributed by atoms with Crippen molar-refractivity contribution in [2.24, 2.45) is 0 Å². The molecule has 0 radical (unpaired) electrons. The molecule has 11 nitrogen and oxygen atoms in total. The molecule has 0 saturated heterocycles. The summed E-state index contributed by atoms with van der Waals surface area (Å²) in [5, 5.41) is 18.0. The van der Waals surface area contributed by atoms with E-state index in [2.05, 4.69) is 20.9 Å². The number of likely N-dealkylation sites (N-methyl/N-ethyl adjacent to an activating group) is 1. The fourth-order valence-electron chi connectivity index (χ4n) is 4.58. The predicted molar refractivity (Wildman–Crippen MR) is 172 cm³/mol. The number of Topliss-reactive ketones (excluding diaryl/α,β-unsaturated/α-hetero) is 1. The van der Waals surface area contributed by atoms with Crippen LogP contribution < -0.4 is 25.6 Å². The van der Waals surface area contributed by atoms with E-state index < -0.39 is 18.0 Å². The number of amides is 3. The highest BCUT2D eigenvalue weighted by molar-refractivity contribution is 6.01. The van der Waals surface area contributed by atoms with Crippen LogP contribution in [-0.2, 0) is 16.0 Å². The SMILES string of the molecule is COc1cc(CC(=O)N(C)c2ccc(C(CC(=O)O)NCC(=O)c3ccccc3)nc2)ccc1NC(=O)Nc1ccccc1C. The number of carbonyl (C=O) groups is 4. The molecule has 11 heteroatoms. The minimum Gasteiger partial charge on any atom is -0.495 e. The summed E-state index contributed by atoms with van der Waals surface area (Å²) in [4.78, 5) is 55.6. The Labute approximate surface area is 261 Å². The number of ketones is 1. The number of nitrogens with one attached hydrogen (secondary N) is 3. The van der Waals surface area contributed by atoms with Gasteiger partial charge in [0, 0.05) is 18.3 Å². The van der Waals surface area contributed by atoms with Crippen LogP contribution in [0.1, 0.15) is 39.6 Å². The van der Waals surface area contributed by atoms with Crippen molar-refractivity contribution in [1.29, 1.82) is 0 Å². The normalized spacial score (nSPS) is 11.3. The van der Waals surface area contributed by atoms with Gasteiger partial charge in [0.2, 0.25) is 5.91 Å². The summed E-state index contributed by atoms with van der Waals surface area (Å²) in [5.74, 6) is -1.03. The molecule has 232 valence electrons. The second-order valence-electron chi connectivity index (χ2n) is 10.3. The number of para-hydroxylation sites is 1. The minimum atomic E-state index is -1.04. The standard InChI is InChI=1S/C34H35N5O6/c1-22-9-7-8-12-26(22)37-34(44)38-28-15-13-23(17-31(28)45-3)18-32(41)39(2)25-14-16-27(35-20-25)29(19-33(42)43)36-21-30(40)24-10-5-4-6-11-24/h4-17,20,29,36H,18-19,21H2,1-3H3,(H,42,43)(H2,37,38,44). The van der Waals surface area contributed by atoms with Crippen molar-refractivity contribution in [1.82, 2.24) is 10.3 Å². The fraction of sp³-hybridized carbons (Fsp3) is 0.206. The van der Waals surface area contributed by atoms with Gasteiger partial charge in [-0.1, -0.05) is 54.6 Å². The first-order chi connectivity index (χ1) is 21.6. The Balaban J connectivity index is 1.38. The van der Waals surface area contributed by atoms with Gasteiger partial charge in [-0.25, -0.2) is 4.79 Å². The van der Waals surface area contributed by atoms with Crippen LogP contribution in [0.2, 0.25) is 0 Å². The summed E-state index contributed by atoms with van der Waals surface area (Å²) < 4.78 is 5.46. The second-order valence-corrected chi connectivity index (χ2v) is 10.3. The van der Waals surface area contributed by atoms with Gasteiger partial charge in [-0.3, -0.25) is 19.4 Å². The summed E-state index contributed by atoms with van der Waals surface area (Å²) in [6.07, 6.45) is 1.27. The number of urea groups is 1. The molecule has 4 N–H and O–H groups in total. The summed E-state index contributed by atoms with van der Waals surface area (Å²) in [6, 6.07) is 23.4. The molecule has 45 heavy (non-hydrogen) atoms. The molecule has 0 aliphatic heterocycles. The number of carbonyl (C=O) groups excluding carboxylic acids is 3. The third-order valence-corrected chi connectivity index (χ3v) is 7.14. The van der Waals surface area contributed by atoms with E-state index >= 15 is 0 Å². The highest BCUT2D eigenvalue weighted by atomic mass is 16.5. The lowest BCUT2D eigenvalue weighted by molar-refractivity contribution is -0.137. The second kappa shape index (κ2) is 15.3. The van der Waals surface area contributed by atoms with Crippen LogP contribution in [0.25, 0.3) is 0 Å². The summed E-state index contributed by atoms with van der Waals surface area (Å²) >= 11 is 0. The van der Waals surface area contributed by atoms with Gasteiger partial charge in [0.05, 0.1) is 55.8 Å². The average molecular weight is 610 g/mol. The zero-order valence-corrected chi connectivity index (χ0v) is 25.2. The number of ether oxygens (including phenoxy) is 1. The third kappa shape index (κ3) is 8.97. The largest absolute Gasteiger partial charge is 0.495 e. The van der Waals surface area contributed by atoms with Gasteiger partial charge in [0.25, 0.3) is 0 Å². The number of hydrogen-bond acceptors (Lipinski definition) is 7. The number of carboxylic acids is 1. The van der Waals surface area contributed by atoms with Gasteiger partial charge >= 0.3 is 12.0 Å². The third-order valence-electron chi connectivity index (χ3n) is 7.14. The molecule has 3 aromatic carbocycles. The van der Waals surface area contributed by atoms with Gasteiger partial charge in [0.15, 0.2) is 5.78 Å². The van der Waals surface area contributed by atoms with Gasteiger partial charge < -0.3 is 30.7 Å². The first-order valence-corrected chi connectivity index (χ1v) is 14.2. The topological polar surface area (TPSA) is 150 Å². The monoisotopic (exact) mass is 609 g/mol. The van der Waals surface area contributed by atoms with Crippen LogP contribution in [0, 0.1) is 6.92 Å². The number of aryl methyl sites for hydroxylation is 1. The van der Waals surface area contributed by atoms with E-state index in [9.17, 15) is 24.3 Å². The zero-order valence-electron chi connectivity index (χ0n) is 25.2. The van der Waals surface area contributed by atoms with E-state index in [4.69, 9.17) is 4.74 Å². The maximum atomic E-state index is 13.1. The Morgan fingerprint density at radius 2 is 1.62 bits per heavy atom. The lowest BCUT2D eigenvalue weighted by Crippen LogP contribution is -2.30. The van der Waals surface area contributed by atoms with Crippen LogP contribution in [0.4, 0.5) is 21.9 Å². The number of hydrogen-bond donors (Lipinski definition) is 4. The van der Waals surface area contributed by atoms with Gasteiger partial charge in [-0.15, -0.1) is 0 Å². The molecule has 0 fully saturated rings. The Hall–Kier alpha value is -5.55. The zero-order chi connectivity index (χ0) is 32.3. The molecule has 1 heterocycles. The molecule has 0 saturated carbocycles. The first-order valence-electron chi connectivity index (χ1n) is 14.2. The predicted octanol–water partition coefficient (Wildman–Crippen LogP) is 5.24. The molecule has 0 bridgehead atoms. The quantitative estimate of drug-likeness (QED) is 0.150. The summed E-state index contributed by atoms with van der Waals surface area (Å²) in [5.41, 5.74) is 4.20. The Morgan fingerprint density at radius 1 is 0.911 bits per heavy atom. The van der Waals surface area contributed by atoms with E-state index in [0.717, 1.165) is 5.56 Å². The van der Waals surface area contributed by atoms with Gasteiger partial charge in [-0.05, 0) is 48.4 Å². The number of rotatable bonds is 13. The van der Waals surface area contributed by atoms with Crippen LogP contribution in [0.15, 0.2) is 91.1 Å². The molecule has 4 rings (SSSR count). The van der Waals surface area contributed by atoms with Crippen LogP contribution in [-0.4, -0.2) is 54.5 Å². The van der Waals surface area contributed by atoms with Crippen molar-refractivity contribution in [3.63, 3.8) is 0 Å². The number of methoxy groups -OCH3 is 1. The van der Waals surface area contributed by atoms with E-state index in [1.54, 1.807) is 67.7 Å². The molecule has 4 aromatic rings. The van der Waals surface area contributed by atoms with Crippen LogP contribution in [0.5, 0.6) is 5.75 Å². The smallest absolute Gasteiger partial charge is 0.323 e. The number of aromatic nitrogens is 1. The van der Waals surface area contributed by atoms with E-state index in [0.29, 0.717) is 39.6 Å². The average Bonchev–Trinajstić information content (AvgIpc) is 3.04. The van der Waals surface area contributed by atoms with E-state index in [1.807, 2.05) is 31.2 Å². The minimum absolute atomic E-state index is 0.0507. The van der Waals surface area contributed by atoms with Crippen molar-refractivity contribution < 1.29 is 29.0 Å². The Kier molecular flexibility index (Phi) is 11.0. The molecule has 1 aromatic heterocycles. The highest BCUT2D eigenvalue weighted by Crippen LogP contribution is 2.27. The molecular weight excluding hydrogens is 574 g/mol. The maximum Gasteiger partial charge on any atom is 0.323 e. The van der Waals surface area contributed by atoms with Crippen molar-refractivity contribution in [3.8, 4) is 5.75 Å². The van der Waals surface area contributed by atoms with Crippen molar-refractivity contribution in [2.45, 2.75) is 25.8 Å². The lowest BCUT2D eigenvalue weighted by atomic mass is 10.1. The number of anilines is 3. The lowest BCUT2D eigenvalue weighted by Gasteiger charge is -2.20.